The number of nitrogens with zero attached hydrogens (tertiary/aromatic N) is 1. The van der Waals surface area contributed by atoms with Gasteiger partial charge in [0.2, 0.25) is 5.79 Å². The highest BCUT2D eigenvalue weighted by atomic mass is 16.6. The second-order valence-electron chi connectivity index (χ2n) is 18.6. The van der Waals surface area contributed by atoms with Crippen LogP contribution in [0.4, 0.5) is 0 Å². The summed E-state index contributed by atoms with van der Waals surface area (Å²) in [5.41, 5.74) is 1.58. The maximum atomic E-state index is 13.3. The van der Waals surface area contributed by atoms with Gasteiger partial charge < -0.3 is 44.3 Å². The molecule has 0 aromatic carbocycles. The number of carbonyl (C=O) groups is 5. The quantitative estimate of drug-likeness (QED) is 0.0389. The molecule has 1 saturated carbocycles. The molecule has 4 N–H and O–H groups in total. The molecule has 2 saturated heterocycles. The lowest BCUT2D eigenvalue weighted by Gasteiger charge is -2.42. The van der Waals surface area contributed by atoms with E-state index >= 15 is 0 Å². The van der Waals surface area contributed by atoms with Crippen LogP contribution in [-0.4, -0.2) is 131 Å². The predicted molar refractivity (Wildman–Crippen MR) is 243 cm³/mol. The number of likely N-dealkylation sites (tertiary alicyclic amines) is 1. The van der Waals surface area contributed by atoms with Crippen molar-refractivity contribution in [3.63, 3.8) is 0 Å². The number of aliphatic hydroxyl groups excluding tert-OH is 2. The van der Waals surface area contributed by atoms with Crippen molar-refractivity contribution < 1.29 is 63.3 Å². The van der Waals surface area contributed by atoms with Crippen LogP contribution < -0.4 is 0 Å². The summed E-state index contributed by atoms with van der Waals surface area (Å²) < 4.78 is 22.8. The first-order valence-corrected chi connectivity index (χ1v) is 23.6. The predicted octanol–water partition coefficient (Wildman–Crippen LogP) is 6.63. The zero-order chi connectivity index (χ0) is 47.4. The number of allylic oxidation sites excluding steroid dienone is 7. The van der Waals surface area contributed by atoms with Gasteiger partial charge in [-0.1, -0.05) is 62.8 Å². The Balaban J connectivity index is 1.37. The average molecular weight is 902 g/mol. The van der Waals surface area contributed by atoms with E-state index in [4.69, 9.17) is 24.1 Å². The van der Waals surface area contributed by atoms with E-state index in [1.165, 1.54) is 7.11 Å². The number of hydrogen-bond donors (Lipinski definition) is 4. The Kier molecular flexibility index (Phi) is 24.0. The first kappa shape index (κ1) is 55.0. The highest BCUT2D eigenvalue weighted by molar-refractivity contribution is 6.39. The van der Waals surface area contributed by atoms with Gasteiger partial charge >= 0.3 is 5.97 Å². The van der Waals surface area contributed by atoms with E-state index < -0.39 is 53.7 Å². The van der Waals surface area contributed by atoms with E-state index in [0.717, 1.165) is 42.6 Å². The molecule has 2 heterocycles. The number of hydrogen-bond acceptors (Lipinski definition) is 12. The van der Waals surface area contributed by atoms with Crippen LogP contribution in [0.15, 0.2) is 47.6 Å². The van der Waals surface area contributed by atoms with Gasteiger partial charge in [0.05, 0.1) is 31.5 Å². The summed E-state index contributed by atoms with van der Waals surface area (Å²) in [4.78, 5) is 65.3. The number of carboxylic acids is 1. The van der Waals surface area contributed by atoms with Crippen molar-refractivity contribution in [2.75, 3.05) is 34.0 Å². The third-order valence-electron chi connectivity index (χ3n) is 13.5. The fraction of sp³-hybridized carbons (Fsp3) is 0.740. The summed E-state index contributed by atoms with van der Waals surface area (Å²) in [6.45, 7) is 9.81. The lowest BCUT2D eigenvalue weighted by Crippen LogP contribution is -2.60. The van der Waals surface area contributed by atoms with E-state index in [9.17, 15) is 39.3 Å². The number of Topliss-reactive ketones (excluding diaryl/α,β-unsaturated/α-hetero) is 3. The Bertz CT molecular complexity index is 1640. The molecule has 14 nitrogen and oxygen atoms in total. The number of aliphatic hydroxyl groups is 3. The molecule has 3 aliphatic rings. The molecule has 3 fully saturated rings. The van der Waals surface area contributed by atoms with Crippen molar-refractivity contribution in [1.82, 2.24) is 4.90 Å². The van der Waals surface area contributed by atoms with Crippen LogP contribution in [0.2, 0.25) is 0 Å². The molecule has 64 heavy (non-hydrogen) atoms. The number of amides is 1. The summed E-state index contributed by atoms with van der Waals surface area (Å²) >= 11 is 0. The highest BCUT2D eigenvalue weighted by Gasteiger charge is 2.52. The van der Waals surface area contributed by atoms with Crippen molar-refractivity contribution in [3.05, 3.63) is 47.6 Å². The van der Waals surface area contributed by atoms with Crippen LogP contribution in [0.3, 0.4) is 0 Å². The van der Waals surface area contributed by atoms with Gasteiger partial charge in [0.15, 0.2) is 5.78 Å². The number of methoxy groups -OCH3 is 2. The average Bonchev–Trinajstić information content (AvgIpc) is 3.28. The number of ether oxygens (including phenoxy) is 4. The highest BCUT2D eigenvalue weighted by Crippen LogP contribution is 2.37. The standard InChI is InChI=1S/C50H79NO13/c1-33(19-25-40-26-21-37(5)50(60,64-40)47(56)48(57)51-28-14-13-17-41(51)49(58)59)15-11-9-8-10-12-16-35(3)44(54)46(62-7)45(55)36(4)20-24-39(53)23-18-34(2)31-38-22-27-42(63-30-29-52)43(32-38)61-6/h8-11,15,20,34-35,37-38,40-43,45-46,52,55,60H,12-14,16-19,21-32H2,1-7H3,(H,58,59)/b10-8+,11-9+,33-15+,36-20+/t34-,35+,37+,38-,40+,41-,42?,43+,45+,46-,50+/m0/s1. The molecule has 0 spiro atoms. The molecular formula is C50H79NO13. The van der Waals surface area contributed by atoms with Crippen molar-refractivity contribution in [3.8, 4) is 0 Å². The molecule has 0 aromatic heterocycles. The van der Waals surface area contributed by atoms with Crippen LogP contribution >= 0.6 is 0 Å². The zero-order valence-corrected chi connectivity index (χ0v) is 39.6. The first-order chi connectivity index (χ1) is 30.5. The van der Waals surface area contributed by atoms with Gasteiger partial charge in [-0.2, -0.15) is 0 Å². The van der Waals surface area contributed by atoms with E-state index in [1.807, 2.05) is 44.2 Å². The molecular weight excluding hydrogens is 823 g/mol. The van der Waals surface area contributed by atoms with Gasteiger partial charge in [-0.05, 0) is 121 Å². The zero-order valence-electron chi connectivity index (χ0n) is 39.6. The Labute approximate surface area is 381 Å². The minimum atomic E-state index is -2.30. The smallest absolute Gasteiger partial charge is 0.326 e. The van der Waals surface area contributed by atoms with Gasteiger partial charge in [0, 0.05) is 45.4 Å². The van der Waals surface area contributed by atoms with E-state index in [2.05, 4.69) is 6.92 Å². The fourth-order valence-corrected chi connectivity index (χ4v) is 9.23. The summed E-state index contributed by atoms with van der Waals surface area (Å²) in [7, 11) is 3.11. The normalized spacial score (nSPS) is 27.9. The summed E-state index contributed by atoms with van der Waals surface area (Å²) in [6.07, 6.45) is 18.9. The molecule has 0 radical (unpaired) electrons. The van der Waals surface area contributed by atoms with Crippen molar-refractivity contribution in [2.45, 2.75) is 180 Å². The summed E-state index contributed by atoms with van der Waals surface area (Å²) in [5, 5.41) is 41.0. The van der Waals surface area contributed by atoms with Crippen LogP contribution in [0.1, 0.15) is 137 Å². The Morgan fingerprint density at radius 1 is 0.938 bits per heavy atom. The Morgan fingerprint density at radius 2 is 1.69 bits per heavy atom. The summed E-state index contributed by atoms with van der Waals surface area (Å²) in [5.74, 6) is -5.80. The molecule has 1 aliphatic carbocycles. The molecule has 14 heteroatoms. The Hall–Kier alpha value is -3.37. The lowest BCUT2D eigenvalue weighted by atomic mass is 9.79. The number of rotatable bonds is 27. The molecule has 3 rings (SSSR count). The monoisotopic (exact) mass is 902 g/mol. The van der Waals surface area contributed by atoms with E-state index in [0.29, 0.717) is 81.8 Å². The number of piperidine rings is 1. The molecule has 1 amide bonds. The fourth-order valence-electron chi connectivity index (χ4n) is 9.23. The number of aliphatic carboxylic acids is 1. The minimum absolute atomic E-state index is 0.00101. The van der Waals surface area contributed by atoms with Crippen molar-refractivity contribution in [1.29, 1.82) is 0 Å². The van der Waals surface area contributed by atoms with E-state index in [1.54, 1.807) is 27.0 Å². The third-order valence-corrected chi connectivity index (χ3v) is 13.5. The van der Waals surface area contributed by atoms with Crippen molar-refractivity contribution >= 4 is 29.2 Å². The van der Waals surface area contributed by atoms with Crippen LogP contribution in [0.5, 0.6) is 0 Å². The summed E-state index contributed by atoms with van der Waals surface area (Å²) in [6, 6.07) is -1.09. The molecule has 362 valence electrons. The Morgan fingerprint density at radius 3 is 2.38 bits per heavy atom. The second kappa shape index (κ2) is 28.0. The number of ketones is 3. The molecule has 1 unspecified atom stereocenters. The van der Waals surface area contributed by atoms with Gasteiger partial charge in [0.25, 0.3) is 11.7 Å². The van der Waals surface area contributed by atoms with Gasteiger partial charge in [-0.15, -0.1) is 0 Å². The minimum Gasteiger partial charge on any atom is -0.480 e. The maximum absolute atomic E-state index is 13.3. The molecule has 0 aromatic rings. The second-order valence-corrected chi connectivity index (χ2v) is 18.6. The molecule has 0 bridgehead atoms. The van der Waals surface area contributed by atoms with Crippen LogP contribution in [-0.2, 0) is 42.9 Å². The van der Waals surface area contributed by atoms with E-state index in [-0.39, 0.29) is 55.7 Å². The largest absolute Gasteiger partial charge is 0.480 e. The van der Waals surface area contributed by atoms with Gasteiger partial charge in [-0.25, -0.2) is 4.79 Å². The van der Waals surface area contributed by atoms with Gasteiger partial charge in [0.1, 0.15) is 24.0 Å². The molecule has 11 atom stereocenters. The number of carboxylic acid groups (broad SMARTS) is 1. The van der Waals surface area contributed by atoms with Crippen molar-refractivity contribution in [2.24, 2.45) is 23.7 Å². The topological polar surface area (TPSA) is 206 Å². The lowest BCUT2D eigenvalue weighted by molar-refractivity contribution is -0.263. The van der Waals surface area contributed by atoms with Crippen LogP contribution in [0.25, 0.3) is 0 Å². The SMILES string of the molecule is CO[C@@H]1C[C@H](C[C@@H](C)CCC(=O)C/C=C(\C)[C@@H](O)[C@@H](OC)C(=O)[C@H](C)CC/C=C/C=C/C=C(\C)CC[C@@H]2CC[C@@H](C)[C@](O)(C(=O)C(=O)N3CCCC[C@H]3C(=O)O)O2)CCC1OCCO. The molecule has 2 aliphatic heterocycles. The third kappa shape index (κ3) is 16.8. The van der Waals surface area contributed by atoms with Gasteiger partial charge in [-0.3, -0.25) is 19.2 Å². The maximum Gasteiger partial charge on any atom is 0.326 e. The first-order valence-electron chi connectivity index (χ1n) is 23.6. The number of carbonyl (C=O) groups excluding carboxylic acids is 4. The van der Waals surface area contributed by atoms with Crippen LogP contribution in [0, 0.1) is 23.7 Å².